The van der Waals surface area contributed by atoms with Gasteiger partial charge in [0.05, 0.1) is 0 Å². The average molecular weight is 228 g/mol. The summed E-state index contributed by atoms with van der Waals surface area (Å²) in [5.41, 5.74) is 0. The molecule has 98 valence electrons. The Kier molecular flexibility index (Phi) is 11.3. The molecule has 1 N–H and O–H groups in total. The van der Waals surface area contributed by atoms with E-state index in [9.17, 15) is 0 Å². The van der Waals surface area contributed by atoms with Gasteiger partial charge in [0.2, 0.25) is 0 Å². The Balaban J connectivity index is 0.000000509. The third kappa shape index (κ3) is 5.86. The van der Waals surface area contributed by atoms with Crippen LogP contribution in [0.3, 0.4) is 0 Å². The molecule has 2 saturated heterocycles. The van der Waals surface area contributed by atoms with E-state index in [2.05, 4.69) is 10.2 Å². The SMILES string of the molecule is C1CCN(C2CCNCC2)CC1.CC.CC. The zero-order valence-corrected chi connectivity index (χ0v) is 11.9. The maximum absolute atomic E-state index is 3.43. The van der Waals surface area contributed by atoms with E-state index in [0.717, 1.165) is 6.04 Å². The van der Waals surface area contributed by atoms with Crippen molar-refractivity contribution in [2.75, 3.05) is 26.2 Å². The first-order valence-corrected chi connectivity index (χ1v) is 7.41. The summed E-state index contributed by atoms with van der Waals surface area (Å²) >= 11 is 0. The lowest BCUT2D eigenvalue weighted by molar-refractivity contribution is 0.136. The van der Waals surface area contributed by atoms with Gasteiger partial charge in [0, 0.05) is 6.04 Å². The van der Waals surface area contributed by atoms with E-state index in [0.29, 0.717) is 0 Å². The van der Waals surface area contributed by atoms with Crippen molar-refractivity contribution in [3.8, 4) is 0 Å². The molecule has 2 nitrogen and oxygen atoms in total. The number of rotatable bonds is 1. The number of nitrogens with zero attached hydrogens (tertiary/aromatic N) is 1. The minimum absolute atomic E-state index is 0.909. The minimum atomic E-state index is 0.909. The molecule has 2 heterocycles. The highest BCUT2D eigenvalue weighted by Crippen LogP contribution is 2.17. The second-order valence-electron chi connectivity index (χ2n) is 4.08. The molecule has 0 radical (unpaired) electrons. The van der Waals surface area contributed by atoms with Crippen molar-refractivity contribution in [1.29, 1.82) is 0 Å². The summed E-state index contributed by atoms with van der Waals surface area (Å²) < 4.78 is 0. The molecule has 0 unspecified atom stereocenters. The second kappa shape index (κ2) is 11.4. The molecular formula is C14H32N2. The van der Waals surface area contributed by atoms with Crippen LogP contribution in [0.1, 0.15) is 59.8 Å². The number of piperidine rings is 2. The van der Waals surface area contributed by atoms with Crippen molar-refractivity contribution < 1.29 is 0 Å². The molecule has 2 heteroatoms. The van der Waals surface area contributed by atoms with Crippen molar-refractivity contribution in [3.05, 3.63) is 0 Å². The fraction of sp³-hybridized carbons (Fsp3) is 1.00. The monoisotopic (exact) mass is 228 g/mol. The van der Waals surface area contributed by atoms with Crippen LogP contribution in [0, 0.1) is 0 Å². The lowest BCUT2D eigenvalue weighted by Gasteiger charge is -2.36. The maximum atomic E-state index is 3.43. The van der Waals surface area contributed by atoms with E-state index in [1.54, 1.807) is 0 Å². The second-order valence-corrected chi connectivity index (χ2v) is 4.08. The number of nitrogens with one attached hydrogen (secondary N) is 1. The van der Waals surface area contributed by atoms with Gasteiger partial charge in [-0.2, -0.15) is 0 Å². The Morgan fingerprint density at radius 3 is 1.81 bits per heavy atom. The van der Waals surface area contributed by atoms with Crippen molar-refractivity contribution in [2.45, 2.75) is 65.8 Å². The molecule has 2 rings (SSSR count). The first kappa shape index (κ1) is 15.9. The predicted molar refractivity (Wildman–Crippen MR) is 74.0 cm³/mol. The van der Waals surface area contributed by atoms with Gasteiger partial charge in [-0.1, -0.05) is 34.1 Å². The Morgan fingerprint density at radius 1 is 0.812 bits per heavy atom. The Bertz CT molecular complexity index is 109. The first-order chi connectivity index (χ1) is 7.97. The van der Waals surface area contributed by atoms with Gasteiger partial charge in [0.1, 0.15) is 0 Å². The van der Waals surface area contributed by atoms with Gasteiger partial charge in [0.15, 0.2) is 0 Å². The van der Waals surface area contributed by atoms with E-state index in [4.69, 9.17) is 0 Å². The molecule has 2 fully saturated rings. The largest absolute Gasteiger partial charge is 0.317 e. The van der Waals surface area contributed by atoms with E-state index < -0.39 is 0 Å². The highest BCUT2D eigenvalue weighted by molar-refractivity contribution is 4.79. The van der Waals surface area contributed by atoms with Crippen molar-refractivity contribution in [3.63, 3.8) is 0 Å². The van der Waals surface area contributed by atoms with Crippen LogP contribution < -0.4 is 5.32 Å². The molecule has 2 aliphatic rings. The Morgan fingerprint density at radius 2 is 1.31 bits per heavy atom. The molecule has 0 aliphatic carbocycles. The van der Waals surface area contributed by atoms with Crippen LogP contribution >= 0.6 is 0 Å². The van der Waals surface area contributed by atoms with Crippen LogP contribution in [-0.2, 0) is 0 Å². The van der Waals surface area contributed by atoms with E-state index >= 15 is 0 Å². The molecule has 0 aromatic carbocycles. The van der Waals surface area contributed by atoms with E-state index in [1.165, 1.54) is 58.3 Å². The van der Waals surface area contributed by atoms with Crippen LogP contribution in [0.25, 0.3) is 0 Å². The van der Waals surface area contributed by atoms with Crippen LogP contribution in [0.5, 0.6) is 0 Å². The summed E-state index contributed by atoms with van der Waals surface area (Å²) in [6.45, 7) is 13.2. The van der Waals surface area contributed by atoms with Crippen molar-refractivity contribution in [2.24, 2.45) is 0 Å². The van der Waals surface area contributed by atoms with Gasteiger partial charge < -0.3 is 10.2 Å². The summed E-state index contributed by atoms with van der Waals surface area (Å²) in [5.74, 6) is 0. The van der Waals surface area contributed by atoms with Crippen molar-refractivity contribution in [1.82, 2.24) is 10.2 Å². The number of likely N-dealkylation sites (tertiary alicyclic amines) is 1. The summed E-state index contributed by atoms with van der Waals surface area (Å²) in [7, 11) is 0. The third-order valence-corrected chi connectivity index (χ3v) is 3.22. The minimum Gasteiger partial charge on any atom is -0.317 e. The quantitative estimate of drug-likeness (QED) is 0.741. The summed E-state index contributed by atoms with van der Waals surface area (Å²) in [4.78, 5) is 2.71. The summed E-state index contributed by atoms with van der Waals surface area (Å²) in [5, 5.41) is 3.43. The van der Waals surface area contributed by atoms with Crippen LogP contribution in [0.4, 0.5) is 0 Å². The van der Waals surface area contributed by atoms with E-state index in [1.807, 2.05) is 27.7 Å². The number of hydrogen-bond donors (Lipinski definition) is 1. The predicted octanol–water partition coefficient (Wildman–Crippen LogP) is 3.28. The fourth-order valence-electron chi connectivity index (χ4n) is 2.46. The topological polar surface area (TPSA) is 15.3 Å². The zero-order valence-electron chi connectivity index (χ0n) is 11.9. The molecule has 0 spiro atoms. The maximum Gasteiger partial charge on any atom is 0.0119 e. The van der Waals surface area contributed by atoms with Gasteiger partial charge in [-0.25, -0.2) is 0 Å². The van der Waals surface area contributed by atoms with E-state index in [-0.39, 0.29) is 0 Å². The molecule has 0 aromatic rings. The Hall–Kier alpha value is -0.0800. The first-order valence-electron chi connectivity index (χ1n) is 7.41. The number of hydrogen-bond acceptors (Lipinski definition) is 2. The molecular weight excluding hydrogens is 196 g/mol. The van der Waals surface area contributed by atoms with Gasteiger partial charge in [-0.3, -0.25) is 0 Å². The van der Waals surface area contributed by atoms with Gasteiger partial charge in [-0.15, -0.1) is 0 Å². The highest BCUT2D eigenvalue weighted by atomic mass is 15.2. The standard InChI is InChI=1S/C10H20N2.2C2H6/c1-2-8-12(9-3-1)10-4-6-11-7-5-10;2*1-2/h10-11H,1-9H2;2*1-2H3. The molecule has 0 aromatic heterocycles. The summed E-state index contributed by atoms with van der Waals surface area (Å²) in [6.07, 6.45) is 7.08. The normalized spacial score (nSPS) is 22.5. The van der Waals surface area contributed by atoms with Gasteiger partial charge in [0.25, 0.3) is 0 Å². The van der Waals surface area contributed by atoms with Crippen LogP contribution in [-0.4, -0.2) is 37.1 Å². The lowest BCUT2D eigenvalue weighted by atomic mass is 10.0. The van der Waals surface area contributed by atoms with Crippen LogP contribution in [0.15, 0.2) is 0 Å². The van der Waals surface area contributed by atoms with Gasteiger partial charge in [-0.05, 0) is 51.9 Å². The molecule has 16 heavy (non-hydrogen) atoms. The smallest absolute Gasteiger partial charge is 0.0119 e. The molecule has 0 amide bonds. The van der Waals surface area contributed by atoms with Gasteiger partial charge >= 0.3 is 0 Å². The zero-order chi connectivity index (χ0) is 12.2. The van der Waals surface area contributed by atoms with Crippen LogP contribution in [0.2, 0.25) is 0 Å². The lowest BCUT2D eigenvalue weighted by Crippen LogP contribution is -2.45. The average Bonchev–Trinajstić information content (AvgIpc) is 2.45. The fourth-order valence-corrected chi connectivity index (χ4v) is 2.46. The molecule has 0 atom stereocenters. The molecule has 2 aliphatic heterocycles. The summed E-state index contributed by atoms with van der Waals surface area (Å²) in [6, 6.07) is 0.909. The molecule has 0 bridgehead atoms. The van der Waals surface area contributed by atoms with Crippen molar-refractivity contribution >= 4 is 0 Å². The molecule has 0 saturated carbocycles. The highest BCUT2D eigenvalue weighted by Gasteiger charge is 2.21. The third-order valence-electron chi connectivity index (χ3n) is 3.22. The Labute approximate surface area is 103 Å².